The third-order valence-electron chi connectivity index (χ3n) is 9.64. The number of fused-ring (bicyclic) bond motifs is 4. The Morgan fingerprint density at radius 1 is 1.22 bits per heavy atom. The van der Waals surface area contributed by atoms with Crippen LogP contribution in [0.4, 0.5) is 0 Å². The lowest BCUT2D eigenvalue weighted by molar-refractivity contribution is -0.175. The van der Waals surface area contributed by atoms with Crippen molar-refractivity contribution in [3.63, 3.8) is 0 Å². The molecule has 0 bridgehead atoms. The van der Waals surface area contributed by atoms with Crippen LogP contribution >= 0.6 is 0 Å². The molecular weight excluding hydrogens is 476 g/mol. The number of ether oxygens (including phenoxy) is 4. The Hall–Kier alpha value is -2.87. The summed E-state index contributed by atoms with van der Waals surface area (Å²) in [6, 6.07) is 1.94. The van der Waals surface area contributed by atoms with Crippen LogP contribution in [-0.4, -0.2) is 48.9 Å². The zero-order chi connectivity index (χ0) is 26.9. The predicted octanol–water partition coefficient (Wildman–Crippen LogP) is 4.50. The van der Waals surface area contributed by atoms with Crippen LogP contribution in [0.15, 0.2) is 46.8 Å². The highest BCUT2D eigenvalue weighted by atomic mass is 16.6. The van der Waals surface area contributed by atoms with Crippen molar-refractivity contribution in [3.05, 3.63) is 48.0 Å². The Labute approximate surface area is 217 Å². The summed E-state index contributed by atoms with van der Waals surface area (Å²) in [4.78, 5) is 38.1. The van der Waals surface area contributed by atoms with Crippen molar-refractivity contribution in [1.29, 1.82) is 0 Å². The lowest BCUT2D eigenvalue weighted by Gasteiger charge is -2.53. The standard InChI is InChI=1S/C29H36O8/c1-15-18-8-9-19(17-10-11-34-14-17)28(18,5)26(35-16(2)30)25-24(15)29(6)20(12-22(31)33-7)27(3,4)37-23(32)13-21(29)36-25/h8,10-11,14,19-21,24-26H,1,9,12-13H2,2-7H3/t19-,20-,21-,24+,25+,26-,28+,29+/m0/s1. The van der Waals surface area contributed by atoms with Crippen LogP contribution in [0.1, 0.15) is 65.4 Å². The third kappa shape index (κ3) is 3.62. The maximum Gasteiger partial charge on any atom is 0.308 e. The van der Waals surface area contributed by atoms with Crippen LogP contribution in [-0.2, 0) is 33.3 Å². The summed E-state index contributed by atoms with van der Waals surface area (Å²) >= 11 is 0. The molecule has 3 fully saturated rings. The van der Waals surface area contributed by atoms with Gasteiger partial charge in [-0.15, -0.1) is 0 Å². The van der Waals surface area contributed by atoms with E-state index in [0.717, 1.165) is 23.1 Å². The highest BCUT2D eigenvalue weighted by Crippen LogP contribution is 2.68. The summed E-state index contributed by atoms with van der Waals surface area (Å²) in [5.74, 6) is -1.91. The SMILES string of the molecule is C=C1C2=CC[C@@H](c3ccoc3)[C@]2(C)[C@@H](OC(C)=O)[C@@H]2O[C@H]3CC(=O)OC(C)(C)[C@H](CC(=O)OC)[C@@]3(C)[C@H]12. The molecule has 0 aromatic carbocycles. The van der Waals surface area contributed by atoms with Crippen molar-refractivity contribution in [2.75, 3.05) is 7.11 Å². The minimum Gasteiger partial charge on any atom is -0.472 e. The van der Waals surface area contributed by atoms with Crippen molar-refractivity contribution >= 4 is 17.9 Å². The Morgan fingerprint density at radius 2 is 1.95 bits per heavy atom. The first kappa shape index (κ1) is 25.8. The average molecular weight is 513 g/mol. The third-order valence-corrected chi connectivity index (χ3v) is 9.64. The zero-order valence-electron chi connectivity index (χ0n) is 22.4. The molecule has 3 heterocycles. The fourth-order valence-corrected chi connectivity index (χ4v) is 8.07. The van der Waals surface area contributed by atoms with Gasteiger partial charge in [-0.1, -0.05) is 26.5 Å². The van der Waals surface area contributed by atoms with Gasteiger partial charge in [-0.2, -0.15) is 0 Å². The van der Waals surface area contributed by atoms with Gasteiger partial charge in [0, 0.05) is 35.5 Å². The molecule has 2 aliphatic heterocycles. The number of carbonyl (C=O) groups excluding carboxylic acids is 3. The normalized spacial score (nSPS) is 40.0. The summed E-state index contributed by atoms with van der Waals surface area (Å²) < 4.78 is 29.2. The smallest absolute Gasteiger partial charge is 0.308 e. The first-order chi connectivity index (χ1) is 17.4. The molecular formula is C29H36O8. The van der Waals surface area contributed by atoms with Crippen molar-refractivity contribution < 1.29 is 37.7 Å². The Bertz CT molecular complexity index is 1160. The summed E-state index contributed by atoms with van der Waals surface area (Å²) in [6.07, 6.45) is 4.64. The molecule has 8 atom stereocenters. The maximum absolute atomic E-state index is 12.9. The Morgan fingerprint density at radius 3 is 2.57 bits per heavy atom. The van der Waals surface area contributed by atoms with E-state index in [1.54, 1.807) is 12.5 Å². The van der Waals surface area contributed by atoms with E-state index in [1.807, 2.05) is 19.9 Å². The van der Waals surface area contributed by atoms with E-state index in [4.69, 9.17) is 23.4 Å². The van der Waals surface area contributed by atoms with Gasteiger partial charge in [0.1, 0.15) is 17.8 Å². The lowest BCUT2D eigenvalue weighted by Crippen LogP contribution is -2.57. The van der Waals surface area contributed by atoms with Crippen LogP contribution in [0.5, 0.6) is 0 Å². The second-order valence-electron chi connectivity index (χ2n) is 11.8. The fourth-order valence-electron chi connectivity index (χ4n) is 8.07. The van der Waals surface area contributed by atoms with E-state index >= 15 is 0 Å². The maximum atomic E-state index is 12.9. The van der Waals surface area contributed by atoms with Crippen LogP contribution in [0.3, 0.4) is 0 Å². The van der Waals surface area contributed by atoms with Gasteiger partial charge in [-0.05, 0) is 43.0 Å². The molecule has 0 unspecified atom stereocenters. The molecule has 200 valence electrons. The topological polar surface area (TPSA) is 101 Å². The summed E-state index contributed by atoms with van der Waals surface area (Å²) in [7, 11) is 1.35. The lowest BCUT2D eigenvalue weighted by atomic mass is 9.51. The fraction of sp³-hybridized carbons (Fsp3) is 0.621. The van der Waals surface area contributed by atoms with Gasteiger partial charge in [0.25, 0.3) is 0 Å². The Kier molecular flexibility index (Phi) is 5.98. The molecule has 0 amide bonds. The van der Waals surface area contributed by atoms with Crippen molar-refractivity contribution in [1.82, 2.24) is 0 Å². The number of hydrogen-bond acceptors (Lipinski definition) is 8. The molecule has 2 aliphatic carbocycles. The van der Waals surface area contributed by atoms with E-state index in [2.05, 4.69) is 26.5 Å². The summed E-state index contributed by atoms with van der Waals surface area (Å²) in [6.45, 7) is 13.8. The van der Waals surface area contributed by atoms with Gasteiger partial charge < -0.3 is 23.4 Å². The van der Waals surface area contributed by atoms with Gasteiger partial charge in [0.2, 0.25) is 0 Å². The number of esters is 3. The molecule has 0 N–H and O–H groups in total. The first-order valence-corrected chi connectivity index (χ1v) is 12.9. The van der Waals surface area contributed by atoms with Crippen molar-refractivity contribution in [2.45, 2.75) is 83.7 Å². The second-order valence-corrected chi connectivity index (χ2v) is 11.8. The monoisotopic (exact) mass is 512 g/mol. The first-order valence-electron chi connectivity index (χ1n) is 12.9. The molecule has 37 heavy (non-hydrogen) atoms. The molecule has 1 aromatic heterocycles. The van der Waals surface area contributed by atoms with Gasteiger partial charge in [-0.3, -0.25) is 14.4 Å². The van der Waals surface area contributed by atoms with E-state index in [9.17, 15) is 14.4 Å². The largest absolute Gasteiger partial charge is 0.472 e. The number of allylic oxidation sites excluding steroid dienone is 1. The van der Waals surface area contributed by atoms with Crippen molar-refractivity contribution in [3.8, 4) is 0 Å². The molecule has 0 spiro atoms. The van der Waals surface area contributed by atoms with Gasteiger partial charge in [0.15, 0.2) is 0 Å². The number of carbonyl (C=O) groups is 3. The minimum atomic E-state index is -0.964. The number of furan rings is 1. The quantitative estimate of drug-likeness (QED) is 0.430. The summed E-state index contributed by atoms with van der Waals surface area (Å²) in [5.41, 5.74) is 0.647. The van der Waals surface area contributed by atoms with Crippen molar-refractivity contribution in [2.24, 2.45) is 22.7 Å². The number of rotatable bonds is 4. The zero-order valence-corrected chi connectivity index (χ0v) is 22.4. The van der Waals surface area contributed by atoms with Crippen LogP contribution in [0.25, 0.3) is 0 Å². The molecule has 0 radical (unpaired) electrons. The van der Waals surface area contributed by atoms with E-state index in [-0.39, 0.29) is 36.6 Å². The Balaban J connectivity index is 1.67. The van der Waals surface area contributed by atoms with Gasteiger partial charge >= 0.3 is 17.9 Å². The van der Waals surface area contributed by atoms with Gasteiger partial charge in [-0.25, -0.2) is 0 Å². The minimum absolute atomic E-state index is 0.00242. The predicted molar refractivity (Wildman–Crippen MR) is 132 cm³/mol. The average Bonchev–Trinajstić information content (AvgIpc) is 3.51. The summed E-state index contributed by atoms with van der Waals surface area (Å²) in [5, 5.41) is 0. The number of hydrogen-bond donors (Lipinski definition) is 0. The molecule has 4 aliphatic rings. The van der Waals surface area contributed by atoms with Crippen LogP contribution < -0.4 is 0 Å². The van der Waals surface area contributed by atoms with E-state index in [0.29, 0.717) is 0 Å². The highest BCUT2D eigenvalue weighted by molar-refractivity contribution is 5.73. The second kappa shape index (κ2) is 8.58. The molecule has 2 saturated heterocycles. The number of methoxy groups -OCH3 is 1. The molecule has 8 nitrogen and oxygen atoms in total. The van der Waals surface area contributed by atoms with E-state index in [1.165, 1.54) is 14.0 Å². The molecule has 8 heteroatoms. The molecule has 1 saturated carbocycles. The molecule has 5 rings (SSSR count). The highest BCUT2D eigenvalue weighted by Gasteiger charge is 2.71. The van der Waals surface area contributed by atoms with Gasteiger partial charge in [0.05, 0.1) is 38.6 Å². The van der Waals surface area contributed by atoms with E-state index < -0.39 is 46.6 Å². The van der Waals surface area contributed by atoms with Crippen LogP contribution in [0, 0.1) is 22.7 Å². The molecule has 1 aromatic rings. The van der Waals surface area contributed by atoms with Crippen LogP contribution in [0.2, 0.25) is 0 Å². The number of cyclic esters (lactones) is 1.